The Labute approximate surface area is 144 Å². The fraction of sp³-hybridized carbons (Fsp3) is 0.111. The second kappa shape index (κ2) is 8.26. The van der Waals surface area contributed by atoms with Gasteiger partial charge >= 0.3 is 0 Å². The van der Waals surface area contributed by atoms with Gasteiger partial charge in [0.1, 0.15) is 5.82 Å². The predicted molar refractivity (Wildman–Crippen MR) is 93.2 cm³/mol. The minimum atomic E-state index is -0.383. The Balaban J connectivity index is 1.88. The van der Waals surface area contributed by atoms with E-state index in [2.05, 4.69) is 5.32 Å². The van der Waals surface area contributed by atoms with E-state index in [1.54, 1.807) is 24.3 Å². The molecule has 1 N–H and O–H groups in total. The highest BCUT2D eigenvalue weighted by molar-refractivity contribution is 6.30. The van der Waals surface area contributed by atoms with Crippen LogP contribution in [0.15, 0.2) is 54.6 Å². The molecule has 0 unspecified atom stereocenters. The smallest absolute Gasteiger partial charge is 0.246 e. The monoisotopic (exact) mass is 346 g/mol. The molecule has 0 saturated carbocycles. The van der Waals surface area contributed by atoms with Gasteiger partial charge < -0.3 is 10.2 Å². The summed E-state index contributed by atoms with van der Waals surface area (Å²) in [4.78, 5) is 25.2. The minimum absolute atomic E-state index is 0.115. The lowest BCUT2D eigenvalue weighted by Gasteiger charge is -2.14. The Morgan fingerprint density at radius 2 is 1.92 bits per heavy atom. The van der Waals surface area contributed by atoms with Gasteiger partial charge in [-0.2, -0.15) is 0 Å². The topological polar surface area (TPSA) is 49.4 Å². The van der Waals surface area contributed by atoms with Crippen LogP contribution in [0.3, 0.4) is 0 Å². The van der Waals surface area contributed by atoms with Crippen LogP contribution in [0, 0.1) is 5.82 Å². The van der Waals surface area contributed by atoms with E-state index in [1.165, 1.54) is 42.3 Å². The van der Waals surface area contributed by atoms with Gasteiger partial charge in [0.05, 0.1) is 6.54 Å². The van der Waals surface area contributed by atoms with E-state index >= 15 is 0 Å². The molecular formula is C18H16ClFN2O2. The van der Waals surface area contributed by atoms with Crippen molar-refractivity contribution in [2.45, 2.75) is 0 Å². The van der Waals surface area contributed by atoms with Crippen LogP contribution >= 0.6 is 11.6 Å². The summed E-state index contributed by atoms with van der Waals surface area (Å²) >= 11 is 5.87. The minimum Gasteiger partial charge on any atom is -0.333 e. The molecule has 6 heteroatoms. The maximum Gasteiger partial charge on any atom is 0.246 e. The molecule has 0 fully saturated rings. The summed E-state index contributed by atoms with van der Waals surface area (Å²) in [7, 11) is 1.52. The quantitative estimate of drug-likeness (QED) is 0.841. The van der Waals surface area contributed by atoms with Gasteiger partial charge in [-0.05, 0) is 48.0 Å². The lowest BCUT2D eigenvalue weighted by molar-refractivity contribution is -0.129. The molecular weight excluding hydrogens is 331 g/mol. The van der Waals surface area contributed by atoms with Crippen molar-refractivity contribution in [1.29, 1.82) is 0 Å². The third-order valence-electron chi connectivity index (χ3n) is 3.15. The summed E-state index contributed by atoms with van der Waals surface area (Å²) in [5.41, 5.74) is 1.26. The number of halogens is 2. The summed E-state index contributed by atoms with van der Waals surface area (Å²) in [6.45, 7) is -0.115. The van der Waals surface area contributed by atoms with Crippen LogP contribution in [0.2, 0.25) is 5.02 Å². The molecule has 0 aliphatic heterocycles. The van der Waals surface area contributed by atoms with E-state index in [4.69, 9.17) is 11.6 Å². The molecule has 4 nitrogen and oxygen atoms in total. The summed E-state index contributed by atoms with van der Waals surface area (Å²) in [5.74, 6) is -1.07. The summed E-state index contributed by atoms with van der Waals surface area (Å²) in [5, 5.41) is 3.18. The first kappa shape index (κ1) is 17.7. The van der Waals surface area contributed by atoms with Crippen LogP contribution in [0.4, 0.5) is 10.1 Å². The van der Waals surface area contributed by atoms with Crippen molar-refractivity contribution in [1.82, 2.24) is 4.90 Å². The average Bonchev–Trinajstić information content (AvgIpc) is 2.54. The van der Waals surface area contributed by atoms with Crippen LogP contribution in [0.1, 0.15) is 5.56 Å². The van der Waals surface area contributed by atoms with Gasteiger partial charge in [0.15, 0.2) is 0 Å². The SMILES string of the molecule is CN(CC(=O)Nc1ccc(F)cc1)C(=O)/C=C/c1cccc(Cl)c1. The van der Waals surface area contributed by atoms with Crippen LogP contribution < -0.4 is 5.32 Å². The second-order valence-corrected chi connectivity index (χ2v) is 5.57. The van der Waals surface area contributed by atoms with E-state index in [0.717, 1.165) is 5.56 Å². The summed E-state index contributed by atoms with van der Waals surface area (Å²) < 4.78 is 12.8. The number of anilines is 1. The lowest BCUT2D eigenvalue weighted by atomic mass is 10.2. The average molecular weight is 347 g/mol. The van der Waals surface area contributed by atoms with Gasteiger partial charge in [0.25, 0.3) is 0 Å². The molecule has 124 valence electrons. The number of hydrogen-bond donors (Lipinski definition) is 1. The molecule has 0 aliphatic rings. The van der Waals surface area contributed by atoms with E-state index in [0.29, 0.717) is 10.7 Å². The molecule has 2 amide bonds. The Kier molecular flexibility index (Phi) is 6.09. The van der Waals surface area contributed by atoms with Crippen LogP contribution in [0.25, 0.3) is 6.08 Å². The van der Waals surface area contributed by atoms with E-state index < -0.39 is 0 Å². The molecule has 0 heterocycles. The van der Waals surface area contributed by atoms with Crippen LogP contribution in [-0.4, -0.2) is 30.3 Å². The number of benzene rings is 2. The first-order valence-electron chi connectivity index (χ1n) is 7.18. The molecule has 0 saturated heterocycles. The van der Waals surface area contributed by atoms with E-state index in [9.17, 15) is 14.0 Å². The van der Waals surface area contributed by atoms with Crippen molar-refractivity contribution in [2.24, 2.45) is 0 Å². The summed E-state index contributed by atoms with van der Waals surface area (Å²) in [6, 6.07) is 12.5. The molecule has 2 rings (SSSR count). The highest BCUT2D eigenvalue weighted by Gasteiger charge is 2.10. The molecule has 0 bridgehead atoms. The maximum atomic E-state index is 12.8. The maximum absolute atomic E-state index is 12.8. The van der Waals surface area contributed by atoms with E-state index in [1.807, 2.05) is 6.07 Å². The van der Waals surface area contributed by atoms with Gasteiger partial charge in [-0.1, -0.05) is 23.7 Å². The Bertz CT molecular complexity index is 760. The number of nitrogens with one attached hydrogen (secondary N) is 1. The van der Waals surface area contributed by atoms with Crippen molar-refractivity contribution in [3.05, 3.63) is 71.0 Å². The first-order chi connectivity index (χ1) is 11.4. The largest absolute Gasteiger partial charge is 0.333 e. The normalized spacial score (nSPS) is 10.6. The number of likely N-dealkylation sites (N-methyl/N-ethyl adjacent to an activating group) is 1. The zero-order chi connectivity index (χ0) is 17.5. The standard InChI is InChI=1S/C18H16ClFN2O2/c1-22(12-17(23)21-16-8-6-15(20)7-9-16)18(24)10-5-13-3-2-4-14(19)11-13/h2-11H,12H2,1H3,(H,21,23)/b10-5+. The number of nitrogens with zero attached hydrogens (tertiary/aromatic N) is 1. The molecule has 0 aromatic heterocycles. The van der Waals surface area contributed by atoms with Gasteiger partial charge in [-0.3, -0.25) is 9.59 Å². The predicted octanol–water partition coefficient (Wildman–Crippen LogP) is 3.59. The Hall–Kier alpha value is -2.66. The molecule has 2 aromatic rings. The van der Waals surface area contributed by atoms with Crippen molar-refractivity contribution in [2.75, 3.05) is 18.9 Å². The van der Waals surface area contributed by atoms with Gasteiger partial charge in [0, 0.05) is 23.8 Å². The van der Waals surface area contributed by atoms with Crippen LogP contribution in [-0.2, 0) is 9.59 Å². The number of rotatable bonds is 5. The van der Waals surface area contributed by atoms with Crippen molar-refractivity contribution < 1.29 is 14.0 Å². The fourth-order valence-electron chi connectivity index (χ4n) is 1.93. The highest BCUT2D eigenvalue weighted by Crippen LogP contribution is 2.12. The summed E-state index contributed by atoms with van der Waals surface area (Å²) in [6.07, 6.45) is 3.00. The zero-order valence-electron chi connectivity index (χ0n) is 13.0. The molecule has 2 aromatic carbocycles. The third kappa shape index (κ3) is 5.52. The first-order valence-corrected chi connectivity index (χ1v) is 7.56. The zero-order valence-corrected chi connectivity index (χ0v) is 13.8. The number of carbonyl (C=O) groups is 2. The molecule has 0 atom stereocenters. The molecule has 0 radical (unpaired) electrons. The highest BCUT2D eigenvalue weighted by atomic mass is 35.5. The van der Waals surface area contributed by atoms with Crippen molar-refractivity contribution in [3.8, 4) is 0 Å². The van der Waals surface area contributed by atoms with Gasteiger partial charge in [0.2, 0.25) is 11.8 Å². The lowest BCUT2D eigenvalue weighted by Crippen LogP contribution is -2.33. The second-order valence-electron chi connectivity index (χ2n) is 5.14. The molecule has 24 heavy (non-hydrogen) atoms. The fourth-order valence-corrected chi connectivity index (χ4v) is 2.13. The number of carbonyl (C=O) groups excluding carboxylic acids is 2. The number of hydrogen-bond acceptors (Lipinski definition) is 2. The van der Waals surface area contributed by atoms with Crippen molar-refractivity contribution in [3.63, 3.8) is 0 Å². The van der Waals surface area contributed by atoms with E-state index in [-0.39, 0.29) is 24.2 Å². The van der Waals surface area contributed by atoms with Crippen LogP contribution in [0.5, 0.6) is 0 Å². The third-order valence-corrected chi connectivity index (χ3v) is 3.39. The van der Waals surface area contributed by atoms with Gasteiger partial charge in [-0.15, -0.1) is 0 Å². The number of amides is 2. The van der Waals surface area contributed by atoms with Crippen molar-refractivity contribution >= 4 is 35.2 Å². The van der Waals surface area contributed by atoms with Gasteiger partial charge in [-0.25, -0.2) is 4.39 Å². The Morgan fingerprint density at radius 1 is 1.21 bits per heavy atom. The molecule has 0 spiro atoms. The Morgan fingerprint density at radius 3 is 2.58 bits per heavy atom. The molecule has 0 aliphatic carbocycles.